The first kappa shape index (κ1) is 16.5. The summed E-state index contributed by atoms with van der Waals surface area (Å²) in [5, 5.41) is 9.43. The molecule has 0 bridgehead atoms. The molecule has 1 N–H and O–H groups in total. The number of hydrogen-bond donors (Lipinski definition) is 1. The number of aromatic hydroxyl groups is 1. The molecular weight excluding hydrogens is 308 g/mol. The summed E-state index contributed by atoms with van der Waals surface area (Å²) in [6, 6.07) is 16.6. The van der Waals surface area contributed by atoms with E-state index in [1.807, 2.05) is 12.1 Å². The Kier molecular flexibility index (Phi) is 4.93. The lowest BCUT2D eigenvalue weighted by Gasteiger charge is -2.37. The molecule has 25 heavy (non-hydrogen) atoms. The maximum Gasteiger partial charge on any atom is 0.115 e. The van der Waals surface area contributed by atoms with Crippen LogP contribution in [-0.4, -0.2) is 42.7 Å². The highest BCUT2D eigenvalue weighted by molar-refractivity contribution is 5.49. The lowest BCUT2D eigenvalue weighted by Crippen LogP contribution is -2.46. The fraction of sp³-hybridized carbons (Fsp3) is 0.455. The molecule has 1 fully saturated rings. The van der Waals surface area contributed by atoms with Crippen LogP contribution in [0.15, 0.2) is 48.5 Å². The van der Waals surface area contributed by atoms with Crippen molar-refractivity contribution < 1.29 is 5.11 Å². The van der Waals surface area contributed by atoms with Crippen molar-refractivity contribution in [3.8, 4) is 5.75 Å². The summed E-state index contributed by atoms with van der Waals surface area (Å²) in [6.07, 6.45) is 5.25. The van der Waals surface area contributed by atoms with E-state index < -0.39 is 0 Å². The van der Waals surface area contributed by atoms with Crippen molar-refractivity contribution in [1.29, 1.82) is 0 Å². The molecule has 1 unspecified atom stereocenters. The summed E-state index contributed by atoms with van der Waals surface area (Å²) >= 11 is 0. The van der Waals surface area contributed by atoms with Crippen LogP contribution >= 0.6 is 0 Å². The van der Waals surface area contributed by atoms with Crippen LogP contribution in [0.1, 0.15) is 36.3 Å². The van der Waals surface area contributed by atoms with Gasteiger partial charge in [0.15, 0.2) is 0 Å². The number of nitrogens with zero attached hydrogens (tertiary/aromatic N) is 2. The summed E-state index contributed by atoms with van der Waals surface area (Å²) < 4.78 is 0. The number of hydrogen-bond acceptors (Lipinski definition) is 3. The van der Waals surface area contributed by atoms with Gasteiger partial charge in [0.2, 0.25) is 0 Å². The maximum atomic E-state index is 9.43. The van der Waals surface area contributed by atoms with Gasteiger partial charge in [0.25, 0.3) is 0 Å². The van der Waals surface area contributed by atoms with Crippen molar-refractivity contribution in [3.05, 3.63) is 59.7 Å². The molecule has 1 aliphatic heterocycles. The molecule has 1 atom stereocenters. The second kappa shape index (κ2) is 7.49. The van der Waals surface area contributed by atoms with Gasteiger partial charge >= 0.3 is 0 Å². The van der Waals surface area contributed by atoms with Gasteiger partial charge in [-0.25, -0.2) is 0 Å². The highest BCUT2D eigenvalue weighted by Gasteiger charge is 2.22. The van der Waals surface area contributed by atoms with Crippen molar-refractivity contribution in [1.82, 2.24) is 4.90 Å². The molecule has 0 radical (unpaired) electrons. The van der Waals surface area contributed by atoms with Gasteiger partial charge in [-0.3, -0.25) is 4.90 Å². The summed E-state index contributed by atoms with van der Waals surface area (Å²) in [5.41, 5.74) is 4.41. The first-order valence-electron chi connectivity index (χ1n) is 9.64. The van der Waals surface area contributed by atoms with Gasteiger partial charge in [0, 0.05) is 31.9 Å². The van der Waals surface area contributed by atoms with Gasteiger partial charge in [0.1, 0.15) is 5.75 Å². The largest absolute Gasteiger partial charge is 0.508 e. The zero-order chi connectivity index (χ0) is 17.1. The van der Waals surface area contributed by atoms with Gasteiger partial charge < -0.3 is 10.0 Å². The zero-order valence-corrected chi connectivity index (χ0v) is 14.9. The van der Waals surface area contributed by atoms with Crippen LogP contribution in [0.4, 0.5) is 5.69 Å². The van der Waals surface area contributed by atoms with E-state index in [-0.39, 0.29) is 0 Å². The van der Waals surface area contributed by atoms with Crippen LogP contribution in [0.25, 0.3) is 0 Å². The van der Waals surface area contributed by atoms with E-state index in [9.17, 15) is 5.11 Å². The Hall–Kier alpha value is -2.00. The third-order valence-electron chi connectivity index (χ3n) is 5.87. The first-order valence-corrected chi connectivity index (χ1v) is 9.64. The van der Waals surface area contributed by atoms with E-state index >= 15 is 0 Å². The van der Waals surface area contributed by atoms with E-state index in [0.717, 1.165) is 32.1 Å². The smallest absolute Gasteiger partial charge is 0.115 e. The molecule has 132 valence electrons. The number of phenols is 1. The highest BCUT2D eigenvalue weighted by atomic mass is 16.3. The van der Waals surface area contributed by atoms with Crippen LogP contribution in [-0.2, 0) is 6.42 Å². The minimum atomic E-state index is 0.343. The van der Waals surface area contributed by atoms with Crippen LogP contribution in [0.3, 0.4) is 0 Å². The average Bonchev–Trinajstić information content (AvgIpc) is 2.67. The Balaban J connectivity index is 1.29. The fourth-order valence-electron chi connectivity index (χ4n) is 4.39. The van der Waals surface area contributed by atoms with E-state index in [0.29, 0.717) is 5.75 Å². The Bertz CT molecular complexity index is 689. The van der Waals surface area contributed by atoms with E-state index in [4.69, 9.17) is 0 Å². The topological polar surface area (TPSA) is 26.7 Å². The molecule has 2 aromatic carbocycles. The van der Waals surface area contributed by atoms with Crippen LogP contribution in [0, 0.1) is 0 Å². The van der Waals surface area contributed by atoms with E-state index in [2.05, 4.69) is 34.1 Å². The predicted molar refractivity (Wildman–Crippen MR) is 103 cm³/mol. The number of anilines is 1. The lowest BCUT2D eigenvalue weighted by molar-refractivity contribution is 0.245. The van der Waals surface area contributed by atoms with Gasteiger partial charge in [-0.1, -0.05) is 24.3 Å². The molecular formula is C22H28N2O. The molecule has 1 aliphatic carbocycles. The number of rotatable bonds is 4. The quantitative estimate of drug-likeness (QED) is 0.913. The van der Waals surface area contributed by atoms with Crippen molar-refractivity contribution >= 4 is 5.69 Å². The lowest BCUT2D eigenvalue weighted by atomic mass is 9.81. The third kappa shape index (κ3) is 3.82. The monoisotopic (exact) mass is 336 g/mol. The van der Waals surface area contributed by atoms with Crippen molar-refractivity contribution in [3.63, 3.8) is 0 Å². The Labute approximate surface area is 150 Å². The Morgan fingerprint density at radius 2 is 1.68 bits per heavy atom. The molecule has 0 saturated carbocycles. The number of piperazine rings is 1. The molecule has 0 aromatic heterocycles. The number of aryl methyl sites for hydroxylation is 1. The maximum absolute atomic E-state index is 9.43. The highest BCUT2D eigenvalue weighted by Crippen LogP contribution is 2.34. The molecule has 0 spiro atoms. The molecule has 2 aromatic rings. The fourth-order valence-corrected chi connectivity index (χ4v) is 4.39. The van der Waals surface area contributed by atoms with E-state index in [1.54, 1.807) is 23.3 Å². The SMILES string of the molecule is Oc1ccc(N2CCN(CCC3CCCc4ccccc43)CC2)cc1. The molecule has 3 heteroatoms. The van der Waals surface area contributed by atoms with Gasteiger partial charge in [0.05, 0.1) is 0 Å². The summed E-state index contributed by atoms with van der Waals surface area (Å²) in [7, 11) is 0. The zero-order valence-electron chi connectivity index (χ0n) is 14.9. The van der Waals surface area contributed by atoms with Crippen LogP contribution < -0.4 is 4.90 Å². The third-order valence-corrected chi connectivity index (χ3v) is 5.87. The predicted octanol–water partition coefficient (Wildman–Crippen LogP) is 4.02. The minimum absolute atomic E-state index is 0.343. The average molecular weight is 336 g/mol. The minimum Gasteiger partial charge on any atom is -0.508 e. The van der Waals surface area contributed by atoms with Gasteiger partial charge in [-0.15, -0.1) is 0 Å². The summed E-state index contributed by atoms with van der Waals surface area (Å²) in [6.45, 7) is 5.63. The van der Waals surface area contributed by atoms with Gasteiger partial charge in [-0.05, 0) is 73.5 Å². The normalized spacial score (nSPS) is 21.1. The Morgan fingerprint density at radius 1 is 0.920 bits per heavy atom. The molecule has 0 amide bonds. The van der Waals surface area contributed by atoms with Crippen molar-refractivity contribution in [2.24, 2.45) is 0 Å². The van der Waals surface area contributed by atoms with Crippen molar-refractivity contribution in [2.45, 2.75) is 31.6 Å². The van der Waals surface area contributed by atoms with E-state index in [1.165, 1.54) is 37.9 Å². The molecule has 2 aliphatic rings. The first-order chi connectivity index (χ1) is 12.3. The number of fused-ring (bicyclic) bond motifs is 1. The molecule has 1 heterocycles. The molecule has 4 rings (SSSR count). The van der Waals surface area contributed by atoms with Crippen LogP contribution in [0.5, 0.6) is 5.75 Å². The number of phenolic OH excluding ortho intramolecular Hbond substituents is 1. The van der Waals surface area contributed by atoms with Crippen molar-refractivity contribution in [2.75, 3.05) is 37.6 Å². The standard InChI is InChI=1S/C22H28N2O/c25-21-10-8-20(9-11-21)24-16-14-23(15-17-24)13-12-19-6-3-5-18-4-1-2-7-22(18)19/h1-2,4,7-11,19,25H,3,5-6,12-17H2. The van der Waals surface area contributed by atoms with Gasteiger partial charge in [-0.2, -0.15) is 0 Å². The Morgan fingerprint density at radius 3 is 2.48 bits per heavy atom. The summed E-state index contributed by atoms with van der Waals surface area (Å²) in [4.78, 5) is 5.04. The number of benzene rings is 2. The molecule has 1 saturated heterocycles. The molecule has 3 nitrogen and oxygen atoms in total. The second-order valence-electron chi connectivity index (χ2n) is 7.42. The second-order valence-corrected chi connectivity index (χ2v) is 7.42. The van der Waals surface area contributed by atoms with Crippen LogP contribution in [0.2, 0.25) is 0 Å². The summed E-state index contributed by atoms with van der Waals surface area (Å²) in [5.74, 6) is 1.09.